The summed E-state index contributed by atoms with van der Waals surface area (Å²) in [6, 6.07) is 0.369. The van der Waals surface area contributed by atoms with Gasteiger partial charge in [0, 0.05) is 38.2 Å². The van der Waals surface area contributed by atoms with Crippen LogP contribution in [0.2, 0.25) is 0 Å². The van der Waals surface area contributed by atoms with Crippen molar-refractivity contribution in [3.63, 3.8) is 0 Å². The van der Waals surface area contributed by atoms with Crippen LogP contribution >= 0.6 is 11.3 Å². The highest BCUT2D eigenvalue weighted by molar-refractivity contribution is 7.15. The Morgan fingerprint density at radius 3 is 2.82 bits per heavy atom. The van der Waals surface area contributed by atoms with Crippen LogP contribution in [0.3, 0.4) is 0 Å². The molecule has 98 valence electrons. The van der Waals surface area contributed by atoms with Gasteiger partial charge in [0.25, 0.3) is 0 Å². The number of aryl methyl sites for hydroxylation is 1. The fourth-order valence-electron chi connectivity index (χ4n) is 1.63. The van der Waals surface area contributed by atoms with Gasteiger partial charge < -0.3 is 15.0 Å². The predicted molar refractivity (Wildman–Crippen MR) is 74.1 cm³/mol. The van der Waals surface area contributed by atoms with Gasteiger partial charge in [0.05, 0.1) is 5.69 Å². The van der Waals surface area contributed by atoms with Crippen molar-refractivity contribution in [1.82, 2.24) is 10.3 Å². The maximum atomic E-state index is 5.06. The number of anilines is 1. The van der Waals surface area contributed by atoms with Gasteiger partial charge in [-0.15, -0.1) is 11.3 Å². The minimum Gasteiger partial charge on any atom is -0.385 e. The number of nitrogens with one attached hydrogen (secondary N) is 1. The van der Waals surface area contributed by atoms with Crippen LogP contribution in [0.1, 0.15) is 30.0 Å². The molecule has 1 N–H and O–H groups in total. The Morgan fingerprint density at radius 1 is 1.53 bits per heavy atom. The molecule has 1 atom stereocenters. The summed E-state index contributed by atoms with van der Waals surface area (Å²) in [6.07, 6.45) is 1.03. The fraction of sp³-hybridized carbons (Fsp3) is 0.750. The van der Waals surface area contributed by atoms with Crippen LogP contribution in [0.25, 0.3) is 0 Å². The lowest BCUT2D eigenvalue weighted by molar-refractivity contribution is 0.196. The van der Waals surface area contributed by atoms with Crippen molar-refractivity contribution in [2.45, 2.75) is 26.3 Å². The summed E-state index contributed by atoms with van der Waals surface area (Å²) >= 11 is 1.77. The van der Waals surface area contributed by atoms with E-state index in [1.54, 1.807) is 18.4 Å². The fourth-order valence-corrected chi connectivity index (χ4v) is 2.75. The van der Waals surface area contributed by atoms with Crippen LogP contribution < -0.4 is 10.2 Å². The molecule has 0 saturated carbocycles. The molecule has 0 saturated heterocycles. The molecule has 17 heavy (non-hydrogen) atoms. The lowest BCUT2D eigenvalue weighted by Gasteiger charge is -2.15. The van der Waals surface area contributed by atoms with E-state index in [1.807, 2.05) is 7.05 Å². The topological polar surface area (TPSA) is 37.4 Å². The first-order valence-electron chi connectivity index (χ1n) is 5.94. The number of nitrogens with zero attached hydrogens (tertiary/aromatic N) is 2. The molecule has 1 aromatic heterocycles. The highest BCUT2D eigenvalue weighted by Crippen LogP contribution is 2.29. The second kappa shape index (κ2) is 6.93. The molecule has 5 heteroatoms. The number of rotatable bonds is 7. The Balaban J connectivity index is 2.65. The number of hydrogen-bond donors (Lipinski definition) is 1. The maximum absolute atomic E-state index is 5.06. The number of hydrogen-bond acceptors (Lipinski definition) is 5. The van der Waals surface area contributed by atoms with Gasteiger partial charge >= 0.3 is 0 Å². The molecule has 0 spiro atoms. The first-order chi connectivity index (χ1) is 8.10. The van der Waals surface area contributed by atoms with Gasteiger partial charge in [0.15, 0.2) is 5.13 Å². The van der Waals surface area contributed by atoms with Crippen LogP contribution in [0.5, 0.6) is 0 Å². The van der Waals surface area contributed by atoms with Gasteiger partial charge in [-0.05, 0) is 27.3 Å². The van der Waals surface area contributed by atoms with Crippen LogP contribution in [-0.4, -0.2) is 39.3 Å². The van der Waals surface area contributed by atoms with E-state index in [-0.39, 0.29) is 0 Å². The van der Waals surface area contributed by atoms with E-state index in [4.69, 9.17) is 4.74 Å². The molecule has 0 aliphatic carbocycles. The van der Waals surface area contributed by atoms with Crippen molar-refractivity contribution in [2.24, 2.45) is 0 Å². The maximum Gasteiger partial charge on any atom is 0.185 e. The van der Waals surface area contributed by atoms with Gasteiger partial charge in [-0.3, -0.25) is 0 Å². The Bertz CT molecular complexity index is 340. The molecule has 0 aromatic carbocycles. The van der Waals surface area contributed by atoms with Crippen LogP contribution in [0, 0.1) is 6.92 Å². The summed E-state index contributed by atoms with van der Waals surface area (Å²) in [4.78, 5) is 8.14. The number of ether oxygens (including phenoxy) is 1. The lowest BCUT2D eigenvalue weighted by Crippen LogP contribution is -2.19. The van der Waals surface area contributed by atoms with Crippen LogP contribution in [-0.2, 0) is 4.74 Å². The van der Waals surface area contributed by atoms with E-state index in [0.29, 0.717) is 6.04 Å². The van der Waals surface area contributed by atoms with Gasteiger partial charge in [-0.2, -0.15) is 0 Å². The molecule has 4 nitrogen and oxygen atoms in total. The molecular weight excluding hydrogens is 234 g/mol. The zero-order chi connectivity index (χ0) is 12.8. The highest BCUT2D eigenvalue weighted by Gasteiger charge is 2.14. The van der Waals surface area contributed by atoms with Gasteiger partial charge in [-0.1, -0.05) is 0 Å². The van der Waals surface area contributed by atoms with E-state index in [0.717, 1.165) is 30.4 Å². The predicted octanol–water partition coefficient (Wildman–Crippen LogP) is 2.20. The minimum atomic E-state index is 0.369. The third-order valence-corrected chi connectivity index (χ3v) is 4.27. The lowest BCUT2D eigenvalue weighted by atomic mass is 10.2. The molecule has 0 amide bonds. The molecule has 0 aliphatic rings. The molecule has 0 bridgehead atoms. The standard InChI is InChI=1S/C12H23N3OS/c1-9(13-3)11-10(2)14-12(17-11)15(4)7-6-8-16-5/h9,13H,6-8H2,1-5H3. The van der Waals surface area contributed by atoms with Crippen molar-refractivity contribution >= 4 is 16.5 Å². The largest absolute Gasteiger partial charge is 0.385 e. The summed E-state index contributed by atoms with van der Waals surface area (Å²) in [7, 11) is 5.80. The Kier molecular flexibility index (Phi) is 5.88. The average molecular weight is 257 g/mol. The van der Waals surface area contributed by atoms with Gasteiger partial charge in [0.2, 0.25) is 0 Å². The molecule has 1 aromatic rings. The number of aromatic nitrogens is 1. The molecule has 0 radical (unpaired) electrons. The van der Waals surface area contributed by atoms with Crippen molar-refractivity contribution in [3.05, 3.63) is 10.6 Å². The van der Waals surface area contributed by atoms with Crippen molar-refractivity contribution in [1.29, 1.82) is 0 Å². The second-order valence-electron chi connectivity index (χ2n) is 4.22. The Hall–Kier alpha value is -0.650. The average Bonchev–Trinajstić information content (AvgIpc) is 2.70. The van der Waals surface area contributed by atoms with E-state index in [2.05, 4.69) is 36.1 Å². The molecule has 1 rings (SSSR count). The molecular formula is C12H23N3OS. The van der Waals surface area contributed by atoms with E-state index >= 15 is 0 Å². The van der Waals surface area contributed by atoms with Crippen LogP contribution in [0.4, 0.5) is 5.13 Å². The summed E-state index contributed by atoms with van der Waals surface area (Å²) in [5.74, 6) is 0. The summed E-state index contributed by atoms with van der Waals surface area (Å²) in [5.41, 5.74) is 1.13. The third-order valence-electron chi connectivity index (χ3n) is 2.82. The minimum absolute atomic E-state index is 0.369. The quantitative estimate of drug-likeness (QED) is 0.760. The zero-order valence-corrected chi connectivity index (χ0v) is 12.2. The third kappa shape index (κ3) is 3.94. The second-order valence-corrected chi connectivity index (χ2v) is 5.23. The van der Waals surface area contributed by atoms with E-state index < -0.39 is 0 Å². The van der Waals surface area contributed by atoms with Crippen molar-refractivity contribution in [2.75, 3.05) is 39.3 Å². The smallest absolute Gasteiger partial charge is 0.185 e. The van der Waals surface area contributed by atoms with E-state index in [1.165, 1.54) is 4.88 Å². The Morgan fingerprint density at radius 2 is 2.24 bits per heavy atom. The van der Waals surface area contributed by atoms with Gasteiger partial charge in [-0.25, -0.2) is 4.98 Å². The molecule has 0 aliphatic heterocycles. The monoisotopic (exact) mass is 257 g/mol. The molecule has 0 fully saturated rings. The summed E-state index contributed by atoms with van der Waals surface area (Å²) in [5, 5.41) is 4.35. The van der Waals surface area contributed by atoms with E-state index in [9.17, 15) is 0 Å². The first-order valence-corrected chi connectivity index (χ1v) is 6.76. The molecule has 1 unspecified atom stereocenters. The van der Waals surface area contributed by atoms with Crippen molar-refractivity contribution in [3.8, 4) is 0 Å². The van der Waals surface area contributed by atoms with Gasteiger partial charge in [0.1, 0.15) is 0 Å². The molecule has 1 heterocycles. The summed E-state index contributed by atoms with van der Waals surface area (Å²) in [6.45, 7) is 6.02. The zero-order valence-electron chi connectivity index (χ0n) is 11.4. The number of thiazole rings is 1. The highest BCUT2D eigenvalue weighted by atomic mass is 32.1. The number of methoxy groups -OCH3 is 1. The van der Waals surface area contributed by atoms with Crippen LogP contribution in [0.15, 0.2) is 0 Å². The first kappa shape index (κ1) is 14.4. The normalized spacial score (nSPS) is 12.8. The Labute approximate surface area is 108 Å². The van der Waals surface area contributed by atoms with Crippen molar-refractivity contribution < 1.29 is 4.74 Å². The summed E-state index contributed by atoms with van der Waals surface area (Å²) < 4.78 is 5.06. The SMILES string of the molecule is CNC(C)c1sc(N(C)CCCOC)nc1C.